The average Bonchev–Trinajstić information content (AvgIpc) is 2.82. The Hall–Kier alpha value is -2.15. The van der Waals surface area contributed by atoms with E-state index in [1.54, 1.807) is 12.1 Å². The van der Waals surface area contributed by atoms with E-state index in [0.717, 1.165) is 30.2 Å². The van der Waals surface area contributed by atoms with Gasteiger partial charge in [-0.1, -0.05) is 13.8 Å². The first-order chi connectivity index (χ1) is 8.28. The van der Waals surface area contributed by atoms with Crippen molar-refractivity contribution in [1.29, 1.82) is 5.26 Å². The highest BCUT2D eigenvalue weighted by molar-refractivity contribution is 5.39. The molecule has 17 heavy (non-hydrogen) atoms. The normalized spacial score (nSPS) is 10.2. The van der Waals surface area contributed by atoms with Gasteiger partial charge in [-0.05, 0) is 24.3 Å². The van der Waals surface area contributed by atoms with E-state index in [1.165, 1.54) is 0 Å². The predicted octanol–water partition coefficient (Wildman–Crippen LogP) is 2.26. The summed E-state index contributed by atoms with van der Waals surface area (Å²) in [6, 6.07) is 9.48. The van der Waals surface area contributed by atoms with Crippen molar-refractivity contribution in [2.45, 2.75) is 26.7 Å². The van der Waals surface area contributed by atoms with Crippen LogP contribution in [0.5, 0.6) is 0 Å². The maximum Gasteiger partial charge on any atom is 0.151 e. The van der Waals surface area contributed by atoms with Gasteiger partial charge >= 0.3 is 0 Å². The smallest absolute Gasteiger partial charge is 0.151 e. The summed E-state index contributed by atoms with van der Waals surface area (Å²) < 4.78 is 1.85. The SMILES string of the molecule is CCc1nc(CC)n(-c2ccc(C#N)cc2)n1. The molecule has 0 radical (unpaired) electrons. The standard InChI is InChI=1S/C13H14N4/c1-3-12-15-13(4-2)17(16-12)11-7-5-10(9-14)6-8-11/h5-8H,3-4H2,1-2H3. The second kappa shape index (κ2) is 4.79. The van der Waals surface area contributed by atoms with E-state index in [1.807, 2.05) is 23.7 Å². The van der Waals surface area contributed by atoms with Crippen LogP contribution in [0.2, 0.25) is 0 Å². The summed E-state index contributed by atoms with van der Waals surface area (Å²) in [5.74, 6) is 1.80. The molecule has 0 atom stereocenters. The number of rotatable bonds is 3. The molecule has 1 aromatic carbocycles. The molecule has 0 aliphatic carbocycles. The molecule has 1 aromatic heterocycles. The first-order valence-corrected chi connectivity index (χ1v) is 5.73. The molecule has 0 bridgehead atoms. The minimum Gasteiger partial charge on any atom is -0.218 e. The van der Waals surface area contributed by atoms with Gasteiger partial charge in [-0.15, -0.1) is 0 Å². The van der Waals surface area contributed by atoms with E-state index >= 15 is 0 Å². The van der Waals surface area contributed by atoms with Crippen LogP contribution >= 0.6 is 0 Å². The summed E-state index contributed by atoms with van der Waals surface area (Å²) in [7, 11) is 0. The third kappa shape index (κ3) is 2.18. The van der Waals surface area contributed by atoms with E-state index in [9.17, 15) is 0 Å². The number of aryl methyl sites for hydroxylation is 2. The zero-order valence-electron chi connectivity index (χ0n) is 10.0. The van der Waals surface area contributed by atoms with Crippen molar-refractivity contribution < 1.29 is 0 Å². The second-order valence-electron chi connectivity index (χ2n) is 3.72. The Kier molecular flexibility index (Phi) is 3.20. The van der Waals surface area contributed by atoms with Crippen LogP contribution in [-0.2, 0) is 12.8 Å². The largest absolute Gasteiger partial charge is 0.218 e. The number of aromatic nitrogens is 3. The molecule has 0 aliphatic rings. The van der Waals surface area contributed by atoms with E-state index in [4.69, 9.17) is 5.26 Å². The van der Waals surface area contributed by atoms with Gasteiger partial charge < -0.3 is 0 Å². The van der Waals surface area contributed by atoms with Crippen molar-refractivity contribution in [2.24, 2.45) is 0 Å². The summed E-state index contributed by atoms with van der Waals surface area (Å²) in [5.41, 5.74) is 1.61. The molecular formula is C13H14N4. The molecule has 0 N–H and O–H groups in total. The molecule has 2 aromatic rings. The lowest BCUT2D eigenvalue weighted by molar-refractivity contribution is 0.791. The number of hydrogen-bond donors (Lipinski definition) is 0. The fourth-order valence-electron chi connectivity index (χ4n) is 1.65. The van der Waals surface area contributed by atoms with Crippen LogP contribution in [0.15, 0.2) is 24.3 Å². The van der Waals surface area contributed by atoms with Crippen molar-refractivity contribution in [3.8, 4) is 11.8 Å². The maximum atomic E-state index is 8.76. The van der Waals surface area contributed by atoms with Crippen molar-refractivity contribution >= 4 is 0 Å². The first kappa shape index (κ1) is 11.3. The van der Waals surface area contributed by atoms with Crippen LogP contribution in [0.4, 0.5) is 0 Å². The number of hydrogen-bond acceptors (Lipinski definition) is 3. The van der Waals surface area contributed by atoms with Gasteiger partial charge in [0.15, 0.2) is 5.82 Å². The molecule has 0 spiro atoms. The molecule has 0 fully saturated rings. The first-order valence-electron chi connectivity index (χ1n) is 5.73. The molecule has 4 heteroatoms. The molecule has 0 saturated heterocycles. The monoisotopic (exact) mass is 226 g/mol. The van der Waals surface area contributed by atoms with Crippen LogP contribution in [0.1, 0.15) is 31.1 Å². The Balaban J connectivity index is 2.44. The molecule has 4 nitrogen and oxygen atoms in total. The highest BCUT2D eigenvalue weighted by Crippen LogP contribution is 2.12. The lowest BCUT2D eigenvalue weighted by atomic mass is 10.2. The molecule has 2 rings (SSSR count). The molecule has 0 aliphatic heterocycles. The van der Waals surface area contributed by atoms with E-state index in [0.29, 0.717) is 5.56 Å². The Morgan fingerprint density at radius 3 is 2.41 bits per heavy atom. The van der Waals surface area contributed by atoms with Gasteiger partial charge in [0, 0.05) is 12.8 Å². The Morgan fingerprint density at radius 2 is 1.88 bits per heavy atom. The van der Waals surface area contributed by atoms with Crippen LogP contribution in [0, 0.1) is 11.3 Å². The van der Waals surface area contributed by atoms with Gasteiger partial charge in [0.25, 0.3) is 0 Å². The minimum absolute atomic E-state index is 0.655. The Morgan fingerprint density at radius 1 is 1.18 bits per heavy atom. The van der Waals surface area contributed by atoms with E-state index in [-0.39, 0.29) is 0 Å². The lowest BCUT2D eigenvalue weighted by Crippen LogP contribution is -2.01. The fraction of sp³-hybridized carbons (Fsp3) is 0.308. The molecule has 1 heterocycles. The summed E-state index contributed by atoms with van der Waals surface area (Å²) in [4.78, 5) is 4.45. The average molecular weight is 226 g/mol. The quantitative estimate of drug-likeness (QED) is 0.806. The van der Waals surface area contributed by atoms with Crippen molar-refractivity contribution in [3.05, 3.63) is 41.5 Å². The summed E-state index contributed by atoms with van der Waals surface area (Å²) in [5, 5.41) is 13.2. The van der Waals surface area contributed by atoms with E-state index < -0.39 is 0 Å². The number of nitriles is 1. The van der Waals surface area contributed by atoms with Gasteiger partial charge in [0.2, 0.25) is 0 Å². The van der Waals surface area contributed by atoms with Gasteiger partial charge in [-0.3, -0.25) is 0 Å². The third-order valence-electron chi connectivity index (χ3n) is 2.59. The molecule has 86 valence electrons. The summed E-state index contributed by atoms with van der Waals surface area (Å²) in [6.45, 7) is 4.10. The molecule has 0 amide bonds. The van der Waals surface area contributed by atoms with Gasteiger partial charge in [-0.25, -0.2) is 9.67 Å². The van der Waals surface area contributed by atoms with E-state index in [2.05, 4.69) is 23.1 Å². The third-order valence-corrected chi connectivity index (χ3v) is 2.59. The Labute approximate surface area is 101 Å². The summed E-state index contributed by atoms with van der Waals surface area (Å²) in [6.07, 6.45) is 1.67. The predicted molar refractivity (Wildman–Crippen MR) is 64.8 cm³/mol. The summed E-state index contributed by atoms with van der Waals surface area (Å²) >= 11 is 0. The van der Waals surface area contributed by atoms with Gasteiger partial charge in [0.05, 0.1) is 17.3 Å². The van der Waals surface area contributed by atoms with Gasteiger partial charge in [0.1, 0.15) is 5.82 Å². The number of nitrogens with zero attached hydrogens (tertiary/aromatic N) is 4. The van der Waals surface area contributed by atoms with Crippen molar-refractivity contribution in [3.63, 3.8) is 0 Å². The molecule has 0 unspecified atom stereocenters. The Bertz CT molecular complexity index is 546. The minimum atomic E-state index is 0.655. The fourth-order valence-corrected chi connectivity index (χ4v) is 1.65. The van der Waals surface area contributed by atoms with Gasteiger partial charge in [-0.2, -0.15) is 10.4 Å². The zero-order valence-corrected chi connectivity index (χ0v) is 10.0. The highest BCUT2D eigenvalue weighted by atomic mass is 15.3. The second-order valence-corrected chi connectivity index (χ2v) is 3.72. The van der Waals surface area contributed by atoms with Crippen LogP contribution in [0.25, 0.3) is 5.69 Å². The topological polar surface area (TPSA) is 54.5 Å². The molecule has 0 saturated carbocycles. The number of benzene rings is 1. The zero-order chi connectivity index (χ0) is 12.3. The lowest BCUT2D eigenvalue weighted by Gasteiger charge is -2.03. The van der Waals surface area contributed by atoms with Crippen molar-refractivity contribution in [1.82, 2.24) is 14.8 Å². The molecular weight excluding hydrogens is 212 g/mol. The van der Waals surface area contributed by atoms with Crippen LogP contribution in [-0.4, -0.2) is 14.8 Å². The highest BCUT2D eigenvalue weighted by Gasteiger charge is 2.08. The van der Waals surface area contributed by atoms with Crippen LogP contribution in [0.3, 0.4) is 0 Å². The maximum absolute atomic E-state index is 8.76. The van der Waals surface area contributed by atoms with Crippen LogP contribution < -0.4 is 0 Å². The van der Waals surface area contributed by atoms with Crippen molar-refractivity contribution in [2.75, 3.05) is 0 Å².